The minimum Gasteiger partial charge on any atom is -0.472 e. The molecule has 0 saturated carbocycles. The number of hydrogen-bond donors (Lipinski definition) is 2. The molecular weight excluding hydrogens is 182 g/mol. The van der Waals surface area contributed by atoms with E-state index < -0.39 is 0 Å². The summed E-state index contributed by atoms with van der Waals surface area (Å²) in [4.78, 5) is 11.9. The maximum atomic E-state index is 5.50. The highest BCUT2D eigenvalue weighted by molar-refractivity contribution is 5.90. The number of hydrogen-bond acceptors (Lipinski definition) is 6. The Morgan fingerprint density at radius 3 is 3.00 bits per heavy atom. The van der Waals surface area contributed by atoms with Crippen LogP contribution in [0.1, 0.15) is 13.8 Å². The van der Waals surface area contributed by atoms with Crippen molar-refractivity contribution in [2.24, 2.45) is 0 Å². The number of nitrogens with zero attached hydrogens (tertiary/aromatic N) is 3. The van der Waals surface area contributed by atoms with E-state index in [0.717, 1.165) is 0 Å². The lowest BCUT2D eigenvalue weighted by Crippen LogP contribution is -2.10. The Balaban J connectivity index is 2.41. The molecule has 3 N–H and O–H groups in total. The number of anilines is 2. The molecule has 0 unspecified atom stereocenters. The topological polar surface area (TPSA) is 87.2 Å². The van der Waals surface area contributed by atoms with Gasteiger partial charge in [0.25, 0.3) is 5.88 Å². The highest BCUT2D eigenvalue weighted by Gasteiger charge is 2.26. The van der Waals surface area contributed by atoms with Crippen LogP contribution in [0.3, 0.4) is 0 Å². The van der Waals surface area contributed by atoms with Crippen molar-refractivity contribution in [3.63, 3.8) is 0 Å². The Labute approximate surface area is 81.2 Å². The average molecular weight is 193 g/mol. The first-order chi connectivity index (χ1) is 6.66. The van der Waals surface area contributed by atoms with E-state index in [2.05, 4.69) is 20.3 Å². The predicted molar refractivity (Wildman–Crippen MR) is 53.7 cm³/mol. The summed E-state index contributed by atoms with van der Waals surface area (Å²) >= 11 is 0. The smallest absolute Gasteiger partial charge is 0.345 e. The van der Waals surface area contributed by atoms with Crippen molar-refractivity contribution in [1.82, 2.24) is 15.0 Å². The highest BCUT2D eigenvalue weighted by atomic mass is 16.5. The van der Waals surface area contributed by atoms with Gasteiger partial charge >= 0.3 is 11.8 Å². The monoisotopic (exact) mass is 193 g/mol. The minimum atomic E-state index is 0.0378. The van der Waals surface area contributed by atoms with Gasteiger partial charge in [-0.3, -0.25) is 5.32 Å². The van der Waals surface area contributed by atoms with Crippen molar-refractivity contribution in [3.8, 4) is 5.88 Å². The van der Waals surface area contributed by atoms with Crippen molar-refractivity contribution >= 4 is 23.8 Å². The normalized spacial score (nSPS) is 12.8. The fraction of sp³-hybridized carbons (Fsp3) is 0.375. The molecule has 73 valence electrons. The number of nitrogens with two attached hydrogens (primary N) is 1. The second kappa shape index (κ2) is 3.13. The first-order valence-corrected chi connectivity index (χ1v) is 4.30. The highest BCUT2D eigenvalue weighted by Crippen LogP contribution is 2.31. The van der Waals surface area contributed by atoms with Crippen LogP contribution < -0.4 is 20.8 Å². The fourth-order valence-corrected chi connectivity index (χ4v) is 1.13. The van der Waals surface area contributed by atoms with Crippen molar-refractivity contribution < 1.29 is 4.74 Å². The molecular formula is C8H11N5O+. The minimum absolute atomic E-state index is 0.0378. The summed E-state index contributed by atoms with van der Waals surface area (Å²) in [6.45, 7) is 3.83. The molecule has 0 aromatic carbocycles. The van der Waals surface area contributed by atoms with E-state index in [1.807, 2.05) is 13.8 Å². The lowest BCUT2D eigenvalue weighted by Gasteiger charge is -2.08. The van der Waals surface area contributed by atoms with Gasteiger partial charge < -0.3 is 10.5 Å². The number of nitrogen functional groups attached to an aromatic ring is 1. The van der Waals surface area contributed by atoms with Gasteiger partial charge in [0.2, 0.25) is 12.0 Å². The van der Waals surface area contributed by atoms with Crippen LogP contribution in [-0.2, 0) is 0 Å². The zero-order chi connectivity index (χ0) is 10.1. The first-order valence-electron chi connectivity index (χ1n) is 4.30. The molecule has 1 aromatic rings. The Kier molecular flexibility index (Phi) is 1.95. The van der Waals surface area contributed by atoms with Gasteiger partial charge in [-0.05, 0) is 13.8 Å². The zero-order valence-electron chi connectivity index (χ0n) is 7.98. The van der Waals surface area contributed by atoms with Crippen LogP contribution in [0, 0.1) is 0 Å². The van der Waals surface area contributed by atoms with Gasteiger partial charge in [0, 0.05) is 0 Å². The molecule has 0 spiro atoms. The summed E-state index contributed by atoms with van der Waals surface area (Å²) < 4.78 is 5.46. The Morgan fingerprint density at radius 2 is 2.29 bits per heavy atom. The van der Waals surface area contributed by atoms with E-state index in [9.17, 15) is 0 Å². The second-order valence-corrected chi connectivity index (χ2v) is 3.15. The van der Waals surface area contributed by atoms with Gasteiger partial charge in [-0.1, -0.05) is 9.98 Å². The van der Waals surface area contributed by atoms with Gasteiger partial charge in [-0.2, -0.15) is 4.98 Å². The largest absolute Gasteiger partial charge is 0.472 e. The number of aromatic nitrogens is 2. The van der Waals surface area contributed by atoms with Gasteiger partial charge in [0.1, 0.15) is 0 Å². The van der Waals surface area contributed by atoms with Gasteiger partial charge in [-0.25, -0.2) is 0 Å². The van der Waals surface area contributed by atoms with Crippen LogP contribution in [0.25, 0.3) is 0 Å². The standard InChI is InChI=1S/C8H11N5O/c1-4(2)14-7-5-6(11-3-10-5)12-8(9)13-7/h3-4,10H,1-2H3,(H2,9,12,13)/q+1. The molecule has 0 amide bonds. The molecule has 0 saturated heterocycles. The number of rotatable bonds is 2. The summed E-state index contributed by atoms with van der Waals surface area (Å²) in [5.41, 5.74) is 6.18. The molecule has 6 nitrogen and oxygen atoms in total. The maximum absolute atomic E-state index is 5.50. The van der Waals surface area contributed by atoms with Crippen molar-refractivity contribution in [1.29, 1.82) is 0 Å². The van der Waals surface area contributed by atoms with E-state index in [1.54, 1.807) is 0 Å². The molecule has 1 radical (unpaired) electrons. The van der Waals surface area contributed by atoms with Crippen LogP contribution in [0.2, 0.25) is 0 Å². The molecule has 2 rings (SSSR count). The Hall–Kier alpha value is -1.85. The third-order valence-corrected chi connectivity index (χ3v) is 1.62. The molecule has 2 heterocycles. The summed E-state index contributed by atoms with van der Waals surface area (Å²) in [5, 5.41) is 2.90. The predicted octanol–water partition coefficient (Wildman–Crippen LogP) is 0.267. The summed E-state index contributed by atoms with van der Waals surface area (Å²) in [5.74, 6) is 1.13. The number of nitrogens with one attached hydrogen (secondary N) is 1. The summed E-state index contributed by atoms with van der Waals surface area (Å²) in [7, 11) is 0. The van der Waals surface area contributed by atoms with Crippen LogP contribution in [0.4, 0.5) is 17.5 Å². The Bertz CT molecular complexity index is 388. The number of fused-ring (bicyclic) bond motifs is 1. The lowest BCUT2D eigenvalue weighted by molar-refractivity contribution is 0.234. The van der Waals surface area contributed by atoms with E-state index in [0.29, 0.717) is 17.4 Å². The maximum Gasteiger partial charge on any atom is 0.345 e. The second-order valence-electron chi connectivity index (χ2n) is 3.15. The van der Waals surface area contributed by atoms with Gasteiger partial charge in [0.05, 0.1) is 6.10 Å². The van der Waals surface area contributed by atoms with Crippen molar-refractivity contribution in [2.45, 2.75) is 20.0 Å². The Morgan fingerprint density at radius 1 is 1.50 bits per heavy atom. The SMILES string of the molecule is CC(C)Oc1nc(N)nc2c1NC=[N+]2. The van der Waals surface area contributed by atoms with Crippen LogP contribution in [-0.4, -0.2) is 22.4 Å². The van der Waals surface area contributed by atoms with Crippen molar-refractivity contribution in [2.75, 3.05) is 11.1 Å². The molecule has 0 fully saturated rings. The van der Waals surface area contributed by atoms with E-state index in [-0.39, 0.29) is 12.1 Å². The van der Waals surface area contributed by atoms with E-state index in [4.69, 9.17) is 10.5 Å². The van der Waals surface area contributed by atoms with Crippen molar-refractivity contribution in [3.05, 3.63) is 0 Å². The molecule has 0 aliphatic carbocycles. The van der Waals surface area contributed by atoms with Gasteiger partial charge in [-0.15, -0.1) is 0 Å². The molecule has 1 aliphatic rings. The first kappa shape index (κ1) is 8.74. The van der Waals surface area contributed by atoms with Crippen LogP contribution >= 0.6 is 0 Å². The molecule has 6 heteroatoms. The van der Waals surface area contributed by atoms with Gasteiger partial charge in [0.15, 0.2) is 0 Å². The third-order valence-electron chi connectivity index (χ3n) is 1.62. The van der Waals surface area contributed by atoms with E-state index in [1.165, 1.54) is 6.34 Å². The quantitative estimate of drug-likeness (QED) is 0.703. The average Bonchev–Trinajstić information content (AvgIpc) is 2.50. The third kappa shape index (κ3) is 1.46. The molecule has 0 bridgehead atoms. The zero-order valence-corrected chi connectivity index (χ0v) is 7.98. The lowest BCUT2D eigenvalue weighted by atomic mass is 10.4. The summed E-state index contributed by atoms with van der Waals surface area (Å²) in [6.07, 6.45) is 1.57. The van der Waals surface area contributed by atoms with Crippen LogP contribution in [0.15, 0.2) is 0 Å². The molecule has 0 atom stereocenters. The summed E-state index contributed by atoms with van der Waals surface area (Å²) in [6, 6.07) is 0. The number of ether oxygens (including phenoxy) is 1. The molecule has 14 heavy (non-hydrogen) atoms. The molecule has 1 aromatic heterocycles. The fourth-order valence-electron chi connectivity index (χ4n) is 1.13. The molecule has 1 aliphatic heterocycles. The number of aliphatic imine (C=N–C) groups is 1. The van der Waals surface area contributed by atoms with Crippen LogP contribution in [0.5, 0.6) is 5.88 Å². The van der Waals surface area contributed by atoms with E-state index >= 15 is 0 Å².